The molecule has 2 aromatic rings. The lowest BCUT2D eigenvalue weighted by Crippen LogP contribution is -2.58. The number of cyclic esters (lactones) is 1. The molecule has 2 aliphatic heterocycles. The maximum Gasteiger partial charge on any atom is 0.407 e. The van der Waals surface area contributed by atoms with E-state index in [0.29, 0.717) is 31.6 Å². The number of amides is 4. The van der Waals surface area contributed by atoms with Gasteiger partial charge in [0.1, 0.15) is 23.7 Å². The Morgan fingerprint density at radius 1 is 1.17 bits per heavy atom. The standard InChI is InChI=1S/C38H45N5O9S/c1-4-26-21-38(26,36(47)42-53(49,50)29-12-13-29)41-33(45)32-20-28-22-43(32)35(46)31(14-11-27(44)18-23(2)3)40-37(48)51-17-7-5-6-8-24-9-10-25-15-16-39-34(52-28)30(25)19-24/h4,6,8-10,15-16,18-19,26,28-29,31-32H,1,5,7,11-14,17,20-22H2,2-3H3,(H,40,48)(H,41,45)(H,42,47)/t26-,28?,31+,32+,38-/m1/s1. The maximum atomic E-state index is 14.4. The summed E-state index contributed by atoms with van der Waals surface area (Å²) in [6.45, 7) is 7.29. The second-order valence-electron chi connectivity index (χ2n) is 14.4. The predicted octanol–water partition coefficient (Wildman–Crippen LogP) is 3.47. The number of nitrogens with one attached hydrogen (secondary N) is 3. The summed E-state index contributed by atoms with van der Waals surface area (Å²) in [7, 11) is -3.92. The zero-order valence-electron chi connectivity index (χ0n) is 29.8. The summed E-state index contributed by atoms with van der Waals surface area (Å²) in [5.74, 6) is -2.71. The third-order valence-corrected chi connectivity index (χ3v) is 11.7. The first-order chi connectivity index (χ1) is 25.3. The number of aromatic nitrogens is 1. The second-order valence-corrected chi connectivity index (χ2v) is 16.3. The highest BCUT2D eigenvalue weighted by atomic mass is 32.2. The number of fused-ring (bicyclic) bond motifs is 3. The average Bonchev–Trinajstić information content (AvgIpc) is 4.04. The van der Waals surface area contributed by atoms with Crippen molar-refractivity contribution < 1.29 is 41.9 Å². The Labute approximate surface area is 308 Å². The van der Waals surface area contributed by atoms with Crippen molar-refractivity contribution in [2.24, 2.45) is 5.92 Å². The molecule has 1 aromatic carbocycles. The smallest absolute Gasteiger partial charge is 0.407 e. The maximum absolute atomic E-state index is 14.4. The van der Waals surface area contributed by atoms with Crippen molar-refractivity contribution in [1.82, 2.24) is 25.2 Å². The summed E-state index contributed by atoms with van der Waals surface area (Å²) >= 11 is 0. The lowest BCUT2D eigenvalue weighted by atomic mass is 10.1. The van der Waals surface area contributed by atoms with Crippen LogP contribution in [0.15, 0.2) is 60.8 Å². The van der Waals surface area contributed by atoms with Gasteiger partial charge in [0.15, 0.2) is 5.78 Å². The number of pyridine rings is 1. The molecular weight excluding hydrogens is 703 g/mol. The first-order valence-corrected chi connectivity index (χ1v) is 19.5. The van der Waals surface area contributed by atoms with Crippen LogP contribution in [0.1, 0.15) is 70.8 Å². The topological polar surface area (TPSA) is 190 Å². The van der Waals surface area contributed by atoms with Crippen LogP contribution in [0.3, 0.4) is 0 Å². The highest BCUT2D eigenvalue weighted by Gasteiger charge is 2.62. The highest BCUT2D eigenvalue weighted by Crippen LogP contribution is 2.45. The van der Waals surface area contributed by atoms with Gasteiger partial charge in [-0.2, -0.15) is 0 Å². The number of alkyl carbamates (subject to hydrolysis) is 1. The Hall–Kier alpha value is -5.05. The van der Waals surface area contributed by atoms with Crippen molar-refractivity contribution in [2.45, 2.75) is 94.2 Å². The fraction of sp³-hybridized carbons (Fsp3) is 0.474. The first-order valence-electron chi connectivity index (χ1n) is 17.9. The van der Waals surface area contributed by atoms with Gasteiger partial charge >= 0.3 is 6.09 Å². The Morgan fingerprint density at radius 3 is 2.68 bits per heavy atom. The Morgan fingerprint density at radius 2 is 1.96 bits per heavy atom. The molecule has 14 nitrogen and oxygen atoms in total. The molecule has 6 rings (SSSR count). The van der Waals surface area contributed by atoms with Gasteiger partial charge in [-0.15, -0.1) is 6.58 Å². The van der Waals surface area contributed by atoms with Crippen LogP contribution in [0.5, 0.6) is 5.88 Å². The van der Waals surface area contributed by atoms with Crippen molar-refractivity contribution in [3.63, 3.8) is 0 Å². The van der Waals surface area contributed by atoms with Crippen LogP contribution in [0.2, 0.25) is 0 Å². The summed E-state index contributed by atoms with van der Waals surface area (Å²) in [5, 5.41) is 6.31. The quantitative estimate of drug-likeness (QED) is 0.240. The van der Waals surface area contributed by atoms with E-state index in [1.54, 1.807) is 20.0 Å². The van der Waals surface area contributed by atoms with Gasteiger partial charge in [0.25, 0.3) is 5.91 Å². The third kappa shape index (κ3) is 8.78. The van der Waals surface area contributed by atoms with Crippen LogP contribution in [-0.4, -0.2) is 90.0 Å². The second kappa shape index (κ2) is 15.5. The Kier molecular flexibility index (Phi) is 11.0. The number of rotatable bonds is 10. The molecule has 3 heterocycles. The van der Waals surface area contributed by atoms with Crippen LogP contribution in [0.4, 0.5) is 4.79 Å². The van der Waals surface area contributed by atoms with Crippen molar-refractivity contribution in [2.75, 3.05) is 13.2 Å². The number of hydrogen-bond donors (Lipinski definition) is 3. The molecule has 1 unspecified atom stereocenters. The van der Waals surface area contributed by atoms with Crippen molar-refractivity contribution in [3.05, 3.63) is 66.4 Å². The van der Waals surface area contributed by atoms with Crippen LogP contribution in [0, 0.1) is 5.92 Å². The van der Waals surface area contributed by atoms with E-state index in [4.69, 9.17) is 9.47 Å². The molecule has 15 heteroatoms. The molecule has 3 fully saturated rings. The van der Waals surface area contributed by atoms with Gasteiger partial charge in [-0.25, -0.2) is 18.2 Å². The molecule has 0 radical (unpaired) electrons. The lowest BCUT2D eigenvalue weighted by Gasteiger charge is -2.29. The normalized spacial score (nSPS) is 26.0. The highest BCUT2D eigenvalue weighted by molar-refractivity contribution is 7.91. The first kappa shape index (κ1) is 37.7. The number of sulfonamides is 1. The van der Waals surface area contributed by atoms with E-state index in [9.17, 15) is 32.4 Å². The van der Waals surface area contributed by atoms with E-state index in [0.717, 1.165) is 21.9 Å². The molecule has 53 heavy (non-hydrogen) atoms. The fourth-order valence-corrected chi connectivity index (χ4v) is 8.18. The summed E-state index contributed by atoms with van der Waals surface area (Å²) in [4.78, 5) is 73.5. The molecule has 5 atom stereocenters. The Bertz CT molecular complexity index is 1990. The predicted molar refractivity (Wildman–Crippen MR) is 196 cm³/mol. The summed E-state index contributed by atoms with van der Waals surface area (Å²) in [5.41, 5.74) is 0.0911. The number of hydrogen-bond acceptors (Lipinski definition) is 10. The molecule has 4 amide bonds. The average molecular weight is 748 g/mol. The van der Waals surface area contributed by atoms with E-state index in [-0.39, 0.29) is 44.6 Å². The summed E-state index contributed by atoms with van der Waals surface area (Å²) in [6.07, 6.45) is 8.84. The van der Waals surface area contributed by atoms with E-state index >= 15 is 0 Å². The zero-order valence-corrected chi connectivity index (χ0v) is 30.7. The SMILES string of the molecule is C=C[C@@H]1C[C@]1(NC(=O)[C@@H]1CC2CN1C(=O)[C@H](CCC(=O)C=C(C)C)NC(=O)OCCCC=Cc1ccc3ccnc(c3c1)O2)C(=O)NS(=O)(=O)C1CC1. The molecule has 4 bridgehead atoms. The monoisotopic (exact) mass is 747 g/mol. The molecule has 2 aliphatic carbocycles. The van der Waals surface area contributed by atoms with Gasteiger partial charge in [-0.1, -0.05) is 35.9 Å². The number of nitrogens with zero attached hydrogens (tertiary/aromatic N) is 2. The largest absolute Gasteiger partial charge is 0.472 e. The van der Waals surface area contributed by atoms with Gasteiger partial charge in [0, 0.05) is 30.3 Å². The molecule has 0 spiro atoms. The van der Waals surface area contributed by atoms with E-state index in [1.807, 2.05) is 36.4 Å². The van der Waals surface area contributed by atoms with Crippen LogP contribution in [-0.2, 0) is 33.9 Å². The van der Waals surface area contributed by atoms with E-state index < -0.39 is 68.7 Å². The minimum Gasteiger partial charge on any atom is -0.472 e. The molecule has 2 saturated carbocycles. The number of carbonyl (C=O) groups is 5. The van der Waals surface area contributed by atoms with Gasteiger partial charge in [0.2, 0.25) is 27.7 Å². The van der Waals surface area contributed by atoms with Gasteiger partial charge < -0.3 is 25.0 Å². The lowest BCUT2D eigenvalue weighted by molar-refractivity contribution is -0.141. The molecular formula is C38H45N5O9S. The summed E-state index contributed by atoms with van der Waals surface area (Å²) in [6, 6.07) is 5.24. The molecule has 1 aromatic heterocycles. The zero-order chi connectivity index (χ0) is 37.9. The number of allylic oxidation sites excluding steroid dienone is 3. The van der Waals surface area contributed by atoms with Gasteiger partial charge in [-0.05, 0) is 81.5 Å². The van der Waals surface area contributed by atoms with Crippen LogP contribution in [0.25, 0.3) is 16.8 Å². The molecule has 3 N–H and O–H groups in total. The van der Waals surface area contributed by atoms with Crippen molar-refractivity contribution in [3.8, 4) is 5.88 Å². The number of ether oxygens (including phenoxy) is 2. The molecule has 1 saturated heterocycles. The number of ketones is 1. The minimum atomic E-state index is -3.92. The number of carbonyl (C=O) groups excluding carboxylic acids is 5. The van der Waals surface area contributed by atoms with Crippen LogP contribution < -0.4 is 20.1 Å². The number of benzene rings is 1. The van der Waals surface area contributed by atoms with Crippen LogP contribution >= 0.6 is 0 Å². The van der Waals surface area contributed by atoms with E-state index in [2.05, 4.69) is 26.9 Å². The minimum absolute atomic E-state index is 0.0140. The Balaban J connectivity index is 1.32. The van der Waals surface area contributed by atoms with Gasteiger partial charge in [0.05, 0.1) is 18.4 Å². The fourth-order valence-electron chi connectivity index (χ4n) is 6.82. The van der Waals surface area contributed by atoms with Gasteiger partial charge in [-0.3, -0.25) is 23.9 Å². The van der Waals surface area contributed by atoms with Crippen molar-refractivity contribution in [1.29, 1.82) is 0 Å². The molecule has 282 valence electrons. The van der Waals surface area contributed by atoms with E-state index in [1.165, 1.54) is 17.1 Å². The molecule has 4 aliphatic rings. The summed E-state index contributed by atoms with van der Waals surface area (Å²) < 4.78 is 39.3. The third-order valence-electron chi connectivity index (χ3n) is 9.91. The van der Waals surface area contributed by atoms with Crippen molar-refractivity contribution >= 4 is 56.5 Å².